The number of amides is 1. The monoisotopic (exact) mass is 438 g/mol. The van der Waals surface area contributed by atoms with Crippen LogP contribution in [0.15, 0.2) is 60.8 Å². The molecule has 2 atom stereocenters. The number of carbonyl (C=O) groups is 3. The molecule has 0 aliphatic rings. The molecule has 0 aliphatic heterocycles. The van der Waals surface area contributed by atoms with Gasteiger partial charge in [-0.25, -0.2) is 0 Å². The summed E-state index contributed by atoms with van der Waals surface area (Å²) >= 11 is 0. The van der Waals surface area contributed by atoms with Gasteiger partial charge in [-0.2, -0.15) is 0 Å². The second-order valence-electron chi connectivity index (χ2n) is 7.57. The van der Waals surface area contributed by atoms with Crippen molar-refractivity contribution in [3.8, 4) is 11.1 Å². The first-order valence-electron chi connectivity index (χ1n) is 10.5. The largest absolute Gasteiger partial charge is 0.481 e. The van der Waals surface area contributed by atoms with Crippen molar-refractivity contribution in [3.63, 3.8) is 0 Å². The Labute approximate surface area is 188 Å². The molecule has 0 aliphatic carbocycles. The molecule has 32 heavy (non-hydrogen) atoms. The van der Waals surface area contributed by atoms with Gasteiger partial charge in [0.2, 0.25) is 5.91 Å². The fourth-order valence-electron chi connectivity index (χ4n) is 3.30. The Morgan fingerprint density at radius 2 is 1.56 bits per heavy atom. The lowest BCUT2D eigenvalue weighted by Gasteiger charge is -2.19. The number of ketones is 1. The van der Waals surface area contributed by atoms with Crippen LogP contribution in [0.4, 0.5) is 0 Å². The van der Waals surface area contributed by atoms with E-state index in [1.165, 1.54) is 26.2 Å². The van der Waals surface area contributed by atoms with Crippen molar-refractivity contribution in [2.75, 3.05) is 13.6 Å². The zero-order valence-corrected chi connectivity index (χ0v) is 18.4. The molecule has 0 aromatic heterocycles. The third-order valence-corrected chi connectivity index (χ3v) is 5.29. The summed E-state index contributed by atoms with van der Waals surface area (Å²) in [6.45, 7) is 1.87. The molecule has 0 heterocycles. The number of aliphatic carboxylic acids is 1. The Morgan fingerprint density at radius 3 is 2.09 bits per heavy atom. The van der Waals surface area contributed by atoms with Crippen molar-refractivity contribution in [1.29, 1.82) is 0 Å². The van der Waals surface area contributed by atoms with Gasteiger partial charge in [-0.3, -0.25) is 14.4 Å². The van der Waals surface area contributed by atoms with E-state index in [-0.39, 0.29) is 18.1 Å². The molecule has 0 radical (unpaired) electrons. The average Bonchev–Trinajstić information content (AvgIpc) is 2.79. The topological polar surface area (TPSA) is 116 Å². The van der Waals surface area contributed by atoms with Gasteiger partial charge in [-0.05, 0) is 42.9 Å². The van der Waals surface area contributed by atoms with Crippen molar-refractivity contribution in [2.45, 2.75) is 32.3 Å². The molecule has 7 nitrogen and oxygen atoms in total. The summed E-state index contributed by atoms with van der Waals surface area (Å²) in [6, 6.07) is 15.3. The maximum Gasteiger partial charge on any atom is 0.309 e. The van der Waals surface area contributed by atoms with E-state index in [0.29, 0.717) is 24.9 Å². The van der Waals surface area contributed by atoms with Crippen molar-refractivity contribution < 1.29 is 24.6 Å². The number of carbonyl (C=O) groups excluding carboxylic acids is 2. The van der Waals surface area contributed by atoms with Crippen LogP contribution in [0.2, 0.25) is 0 Å². The smallest absolute Gasteiger partial charge is 0.309 e. The molecule has 0 saturated heterocycles. The summed E-state index contributed by atoms with van der Waals surface area (Å²) in [5.41, 5.74) is 3.70. The van der Waals surface area contributed by atoms with Crippen LogP contribution >= 0.6 is 0 Å². The van der Waals surface area contributed by atoms with E-state index < -0.39 is 18.0 Å². The summed E-state index contributed by atoms with van der Waals surface area (Å²) in [5, 5.41) is 25.2. The number of aliphatic hydroxyl groups is 1. The van der Waals surface area contributed by atoms with Crippen LogP contribution in [0.25, 0.3) is 11.1 Å². The Balaban J connectivity index is 1.87. The van der Waals surface area contributed by atoms with Gasteiger partial charge in [0.15, 0.2) is 5.78 Å². The molecule has 1 amide bonds. The SMILES string of the molecule is CNC(=O)/C=C\NCCC(C(=O)O)C(O)CCc1ccc(-c2ccc(C(C)=O)cc2)cc1. The lowest BCUT2D eigenvalue weighted by atomic mass is 9.93. The average molecular weight is 439 g/mol. The van der Waals surface area contributed by atoms with Crippen molar-refractivity contribution in [2.24, 2.45) is 5.92 Å². The van der Waals surface area contributed by atoms with Crippen LogP contribution < -0.4 is 10.6 Å². The zero-order chi connectivity index (χ0) is 23.5. The van der Waals surface area contributed by atoms with Gasteiger partial charge < -0.3 is 20.8 Å². The number of rotatable bonds is 12. The molecule has 0 spiro atoms. The van der Waals surface area contributed by atoms with Gasteiger partial charge in [-0.1, -0.05) is 48.5 Å². The second kappa shape index (κ2) is 12.4. The number of carboxylic acids is 1. The highest BCUT2D eigenvalue weighted by Gasteiger charge is 2.25. The number of Topliss-reactive ketones (excluding diaryl/α,β-unsaturated/α-hetero) is 1. The molecule has 2 aromatic rings. The number of likely N-dealkylation sites (N-methyl/N-ethyl adjacent to an activating group) is 1. The van der Waals surface area contributed by atoms with Gasteiger partial charge in [0.25, 0.3) is 0 Å². The van der Waals surface area contributed by atoms with E-state index >= 15 is 0 Å². The van der Waals surface area contributed by atoms with E-state index in [1.807, 2.05) is 36.4 Å². The standard InChI is InChI=1S/C25H30N2O5/c1-17(28)19-8-10-21(11-9-19)20-6-3-18(4-7-20)5-12-23(29)22(25(31)32)13-15-27-16-14-24(30)26-2/h3-4,6-11,14,16,22-23,27,29H,5,12-13,15H2,1-2H3,(H,26,30)(H,31,32)/b16-14-. The number of benzene rings is 2. The summed E-state index contributed by atoms with van der Waals surface area (Å²) < 4.78 is 0. The van der Waals surface area contributed by atoms with Crippen LogP contribution in [-0.4, -0.2) is 47.6 Å². The highest BCUT2D eigenvalue weighted by Crippen LogP contribution is 2.22. The summed E-state index contributed by atoms with van der Waals surface area (Å²) in [6.07, 6.45) is 2.92. The molecular formula is C25H30N2O5. The molecule has 0 bridgehead atoms. The molecule has 2 unspecified atom stereocenters. The normalized spacial score (nSPS) is 12.8. The maximum absolute atomic E-state index is 11.5. The fraction of sp³-hybridized carbons (Fsp3) is 0.320. The highest BCUT2D eigenvalue weighted by molar-refractivity contribution is 5.94. The molecular weight excluding hydrogens is 408 g/mol. The number of aryl methyl sites for hydroxylation is 1. The van der Waals surface area contributed by atoms with Crippen molar-refractivity contribution in [3.05, 3.63) is 71.9 Å². The van der Waals surface area contributed by atoms with E-state index in [4.69, 9.17) is 0 Å². The third kappa shape index (κ3) is 7.67. The molecule has 0 fully saturated rings. The van der Waals surface area contributed by atoms with Gasteiger partial charge in [0.05, 0.1) is 12.0 Å². The minimum atomic E-state index is -1.04. The van der Waals surface area contributed by atoms with Crippen LogP contribution in [0, 0.1) is 5.92 Å². The first kappa shape index (κ1) is 24.8. The molecule has 170 valence electrons. The van der Waals surface area contributed by atoms with Crippen LogP contribution in [-0.2, 0) is 16.0 Å². The zero-order valence-electron chi connectivity index (χ0n) is 18.4. The number of carboxylic acid groups (broad SMARTS) is 1. The van der Waals surface area contributed by atoms with E-state index in [2.05, 4.69) is 10.6 Å². The van der Waals surface area contributed by atoms with Crippen molar-refractivity contribution in [1.82, 2.24) is 10.6 Å². The first-order valence-corrected chi connectivity index (χ1v) is 10.5. The van der Waals surface area contributed by atoms with Gasteiger partial charge in [0, 0.05) is 31.4 Å². The number of nitrogens with one attached hydrogen (secondary N) is 2. The predicted octanol–water partition coefficient (Wildman–Crippen LogP) is 2.79. The van der Waals surface area contributed by atoms with E-state index in [0.717, 1.165) is 16.7 Å². The van der Waals surface area contributed by atoms with Crippen LogP contribution in [0.5, 0.6) is 0 Å². The first-order chi connectivity index (χ1) is 15.3. The minimum absolute atomic E-state index is 0.0289. The predicted molar refractivity (Wildman–Crippen MR) is 123 cm³/mol. The molecule has 4 N–H and O–H groups in total. The minimum Gasteiger partial charge on any atom is -0.481 e. The van der Waals surface area contributed by atoms with Crippen LogP contribution in [0.3, 0.4) is 0 Å². The summed E-state index contributed by atoms with van der Waals surface area (Å²) in [5.74, 6) is -2.17. The van der Waals surface area contributed by atoms with Gasteiger partial charge in [0.1, 0.15) is 0 Å². The number of hydrogen-bond donors (Lipinski definition) is 4. The molecule has 0 saturated carbocycles. The van der Waals surface area contributed by atoms with Crippen LogP contribution in [0.1, 0.15) is 35.7 Å². The Kier molecular flexibility index (Phi) is 9.63. The van der Waals surface area contributed by atoms with Gasteiger partial charge in [-0.15, -0.1) is 0 Å². The third-order valence-electron chi connectivity index (χ3n) is 5.29. The summed E-state index contributed by atoms with van der Waals surface area (Å²) in [7, 11) is 1.52. The summed E-state index contributed by atoms with van der Waals surface area (Å²) in [4.78, 5) is 34.0. The molecule has 7 heteroatoms. The Hall–Kier alpha value is -3.45. The lowest BCUT2D eigenvalue weighted by Crippen LogP contribution is -2.31. The quantitative estimate of drug-likeness (QED) is 0.230. The Morgan fingerprint density at radius 1 is 0.969 bits per heavy atom. The number of hydrogen-bond acceptors (Lipinski definition) is 5. The highest BCUT2D eigenvalue weighted by atomic mass is 16.4. The van der Waals surface area contributed by atoms with Gasteiger partial charge >= 0.3 is 5.97 Å². The van der Waals surface area contributed by atoms with E-state index in [9.17, 15) is 24.6 Å². The van der Waals surface area contributed by atoms with Crippen molar-refractivity contribution >= 4 is 17.7 Å². The molecule has 2 aromatic carbocycles. The second-order valence-corrected chi connectivity index (χ2v) is 7.57. The maximum atomic E-state index is 11.5. The number of aliphatic hydroxyl groups excluding tert-OH is 1. The van der Waals surface area contributed by atoms with E-state index in [1.54, 1.807) is 12.1 Å². The Bertz CT molecular complexity index is 936. The molecule has 2 rings (SSSR count). The fourth-order valence-corrected chi connectivity index (χ4v) is 3.30. The lowest BCUT2D eigenvalue weighted by molar-refractivity contribution is -0.146.